The lowest BCUT2D eigenvalue weighted by Crippen LogP contribution is -2.41. The first kappa shape index (κ1) is 91.6. The molecule has 97 heavy (non-hydrogen) atoms. The predicted molar refractivity (Wildman–Crippen MR) is 369 cm³/mol. The standard InChI is InChI=1S/C75H132O22/c1-8-14-20-21-22-23-24-25-26-37-53-87-59-60-92-70(80)52-35-30-41-57-90-68(78)50-33-28-39-55-88-66(76)48-32-27-38-54-89-67(77)49-34-29-40-56-91-69(79)51-36-31-42-58-93-71(81)62(44-16-10-3)94-73(83)64(46-18-12-5)96-75(85)65(47-19-13-6)97-74(84)63(45-17-11-4)95-72(82)61(86-7)43-15-9-2/h61-65H,8-60H2,1-7H3. The van der Waals surface area contributed by atoms with Gasteiger partial charge in [0.15, 0.2) is 30.5 Å². The van der Waals surface area contributed by atoms with Crippen LogP contribution in [0.5, 0.6) is 0 Å². The van der Waals surface area contributed by atoms with Gasteiger partial charge < -0.3 is 56.8 Å². The van der Waals surface area contributed by atoms with E-state index in [1.54, 1.807) is 0 Å². The third-order valence-corrected chi connectivity index (χ3v) is 16.3. The molecule has 0 N–H and O–H groups in total. The van der Waals surface area contributed by atoms with Gasteiger partial charge in [0.05, 0.1) is 39.6 Å². The van der Waals surface area contributed by atoms with Crippen LogP contribution in [0, 0.1) is 0 Å². The molecule has 0 aliphatic rings. The molecular formula is C75H132O22. The Morgan fingerprint density at radius 2 is 0.443 bits per heavy atom. The Hall–Kier alpha value is -5.38. The molecule has 0 aliphatic heterocycles. The maximum Gasteiger partial charge on any atom is 0.348 e. The third kappa shape index (κ3) is 55.1. The van der Waals surface area contributed by atoms with Gasteiger partial charge in [-0.1, -0.05) is 138 Å². The summed E-state index contributed by atoms with van der Waals surface area (Å²) in [5.41, 5.74) is 0. The van der Waals surface area contributed by atoms with Gasteiger partial charge in [-0.05, 0) is 161 Å². The maximum absolute atomic E-state index is 13.7. The Morgan fingerprint density at radius 3 is 0.742 bits per heavy atom. The molecule has 0 amide bonds. The number of ether oxygens (including phenoxy) is 12. The molecule has 0 saturated heterocycles. The zero-order chi connectivity index (χ0) is 71.6. The fourth-order valence-electron chi connectivity index (χ4n) is 10.2. The fraction of sp³-hybridized carbons (Fsp3) is 0.867. The van der Waals surface area contributed by atoms with Gasteiger partial charge in [-0.25, -0.2) is 24.0 Å². The van der Waals surface area contributed by atoms with E-state index in [1.807, 2.05) is 34.6 Å². The van der Waals surface area contributed by atoms with E-state index in [1.165, 1.54) is 64.9 Å². The summed E-state index contributed by atoms with van der Waals surface area (Å²) in [6, 6.07) is 0. The number of methoxy groups -OCH3 is 1. The number of rotatable bonds is 69. The lowest BCUT2D eigenvalue weighted by atomic mass is 10.1. The minimum Gasteiger partial charge on any atom is -0.466 e. The van der Waals surface area contributed by atoms with E-state index in [0.717, 1.165) is 32.1 Å². The van der Waals surface area contributed by atoms with Gasteiger partial charge in [-0.3, -0.25) is 24.0 Å². The highest BCUT2D eigenvalue weighted by atomic mass is 16.6. The summed E-state index contributed by atoms with van der Waals surface area (Å²) in [6.07, 6.45) is 24.8. The highest BCUT2D eigenvalue weighted by molar-refractivity contribution is 5.86. The SMILES string of the molecule is CCCCCCCCCCCCOCCOC(=O)CCCCCOC(=O)CCCCCOC(=O)CCCCCOC(=O)CCCCCOC(=O)CCCCCOC(=O)C(CCCC)OC(=O)C(CCCC)OC(=O)C(CCCC)OC(=O)C(CCCC)OC(=O)C(CCCC)OC. The van der Waals surface area contributed by atoms with Crippen LogP contribution < -0.4 is 0 Å². The first-order valence-corrected chi connectivity index (χ1v) is 38.0. The topological polar surface area (TPSA) is 281 Å². The molecule has 0 aromatic rings. The molecule has 22 nitrogen and oxygen atoms in total. The number of hydrogen-bond acceptors (Lipinski definition) is 22. The Balaban J connectivity index is 4.27. The molecule has 0 heterocycles. The number of esters is 10. The quantitative estimate of drug-likeness (QED) is 0.0311. The number of unbranched alkanes of at least 4 members (excludes halogenated alkanes) is 24. The molecule has 0 saturated carbocycles. The smallest absolute Gasteiger partial charge is 0.348 e. The van der Waals surface area contributed by atoms with Crippen LogP contribution in [0.4, 0.5) is 0 Å². The van der Waals surface area contributed by atoms with Crippen molar-refractivity contribution in [3.8, 4) is 0 Å². The summed E-state index contributed by atoms with van der Waals surface area (Å²) in [7, 11) is 1.40. The van der Waals surface area contributed by atoms with Crippen LogP contribution in [0.3, 0.4) is 0 Å². The molecule has 0 aliphatic carbocycles. The molecule has 0 bridgehead atoms. The van der Waals surface area contributed by atoms with E-state index < -0.39 is 60.4 Å². The van der Waals surface area contributed by atoms with Crippen LogP contribution in [0.1, 0.15) is 330 Å². The average Bonchev–Trinajstić information content (AvgIpc) is 2.44. The van der Waals surface area contributed by atoms with Gasteiger partial charge in [0.1, 0.15) is 6.61 Å². The van der Waals surface area contributed by atoms with Gasteiger partial charge in [0.25, 0.3) is 0 Å². The molecule has 0 fully saturated rings. The lowest BCUT2D eigenvalue weighted by molar-refractivity contribution is -0.189. The van der Waals surface area contributed by atoms with Gasteiger partial charge >= 0.3 is 59.7 Å². The molecule has 564 valence electrons. The highest BCUT2D eigenvalue weighted by Crippen LogP contribution is 2.21. The Kier molecular flexibility index (Phi) is 62.8. The van der Waals surface area contributed by atoms with Crippen LogP contribution in [0.25, 0.3) is 0 Å². The maximum atomic E-state index is 13.7. The third-order valence-electron chi connectivity index (χ3n) is 16.3. The van der Waals surface area contributed by atoms with Crippen molar-refractivity contribution >= 4 is 59.7 Å². The Bertz CT molecular complexity index is 2030. The van der Waals surface area contributed by atoms with Gasteiger partial charge in [-0.15, -0.1) is 0 Å². The van der Waals surface area contributed by atoms with Crippen LogP contribution in [0.2, 0.25) is 0 Å². The summed E-state index contributed by atoms with van der Waals surface area (Å²) >= 11 is 0. The van der Waals surface area contributed by atoms with Crippen molar-refractivity contribution in [1.29, 1.82) is 0 Å². The molecule has 0 radical (unpaired) electrons. The van der Waals surface area contributed by atoms with E-state index in [-0.39, 0.29) is 108 Å². The van der Waals surface area contributed by atoms with Crippen LogP contribution in [-0.2, 0) is 105 Å². The van der Waals surface area contributed by atoms with Crippen molar-refractivity contribution in [2.24, 2.45) is 0 Å². The second-order valence-electron chi connectivity index (χ2n) is 25.3. The zero-order valence-electron chi connectivity index (χ0n) is 61.3. The van der Waals surface area contributed by atoms with Gasteiger partial charge in [0.2, 0.25) is 0 Å². The van der Waals surface area contributed by atoms with Crippen molar-refractivity contribution in [3.05, 3.63) is 0 Å². The van der Waals surface area contributed by atoms with E-state index in [0.29, 0.717) is 174 Å². The number of carbonyl (C=O) groups excluding carboxylic acids is 10. The molecule has 0 spiro atoms. The average molecular weight is 1390 g/mol. The van der Waals surface area contributed by atoms with Gasteiger partial charge in [0, 0.05) is 45.8 Å². The molecule has 0 aromatic carbocycles. The van der Waals surface area contributed by atoms with Crippen LogP contribution in [0.15, 0.2) is 0 Å². The molecule has 5 unspecified atom stereocenters. The molecule has 0 aromatic heterocycles. The van der Waals surface area contributed by atoms with Crippen molar-refractivity contribution in [3.63, 3.8) is 0 Å². The Labute approximate surface area is 583 Å². The Morgan fingerprint density at radius 1 is 0.216 bits per heavy atom. The van der Waals surface area contributed by atoms with E-state index in [2.05, 4.69) is 6.92 Å². The summed E-state index contributed by atoms with van der Waals surface area (Å²) < 4.78 is 65.7. The second kappa shape index (κ2) is 66.5. The molecular weight excluding hydrogens is 1250 g/mol. The first-order chi connectivity index (χ1) is 47.1. The summed E-state index contributed by atoms with van der Waals surface area (Å²) in [5.74, 6) is -5.62. The summed E-state index contributed by atoms with van der Waals surface area (Å²) in [6.45, 7) is 14.4. The predicted octanol–water partition coefficient (Wildman–Crippen LogP) is 15.6. The highest BCUT2D eigenvalue weighted by Gasteiger charge is 2.36. The zero-order valence-corrected chi connectivity index (χ0v) is 61.3. The largest absolute Gasteiger partial charge is 0.466 e. The first-order valence-electron chi connectivity index (χ1n) is 38.0. The minimum atomic E-state index is -1.39. The van der Waals surface area contributed by atoms with Crippen molar-refractivity contribution < 1.29 is 105 Å². The van der Waals surface area contributed by atoms with Crippen LogP contribution >= 0.6 is 0 Å². The molecule has 5 atom stereocenters. The lowest BCUT2D eigenvalue weighted by Gasteiger charge is -2.25. The molecule has 0 rings (SSSR count). The number of hydrogen-bond donors (Lipinski definition) is 0. The van der Waals surface area contributed by atoms with E-state index >= 15 is 0 Å². The molecule has 22 heteroatoms. The normalized spacial score (nSPS) is 12.7. The fourth-order valence-corrected chi connectivity index (χ4v) is 10.2. The van der Waals surface area contributed by atoms with E-state index in [4.69, 9.17) is 56.8 Å². The van der Waals surface area contributed by atoms with E-state index in [9.17, 15) is 47.9 Å². The van der Waals surface area contributed by atoms with Crippen molar-refractivity contribution in [1.82, 2.24) is 0 Å². The number of carbonyl (C=O) groups is 10. The minimum absolute atomic E-state index is 0.0291. The second-order valence-corrected chi connectivity index (χ2v) is 25.3. The van der Waals surface area contributed by atoms with Crippen LogP contribution in [-0.4, -0.2) is 150 Å². The summed E-state index contributed by atoms with van der Waals surface area (Å²) in [5, 5.41) is 0. The van der Waals surface area contributed by atoms with Gasteiger partial charge in [-0.2, -0.15) is 0 Å². The van der Waals surface area contributed by atoms with Crippen molar-refractivity contribution in [2.75, 3.05) is 60.0 Å². The monoisotopic (exact) mass is 1380 g/mol. The summed E-state index contributed by atoms with van der Waals surface area (Å²) in [4.78, 5) is 128. The van der Waals surface area contributed by atoms with Crippen molar-refractivity contribution in [2.45, 2.75) is 361 Å².